The van der Waals surface area contributed by atoms with Gasteiger partial charge in [0.05, 0.1) is 6.20 Å². The molecule has 0 saturated heterocycles. The largest absolute Gasteiger partial charge is 0.414 e. The molecule has 0 aliphatic carbocycles. The third-order valence-corrected chi connectivity index (χ3v) is 1.45. The van der Waals surface area contributed by atoms with E-state index in [1.165, 1.54) is 4.73 Å². The molecule has 11 heavy (non-hydrogen) atoms. The van der Waals surface area contributed by atoms with Gasteiger partial charge in [-0.1, -0.05) is 0 Å². The Kier molecular flexibility index (Phi) is 1.03. The van der Waals surface area contributed by atoms with Gasteiger partial charge in [0, 0.05) is 6.20 Å². The van der Waals surface area contributed by atoms with Crippen LogP contribution in [-0.2, 0) is 0 Å². The molecule has 0 fully saturated rings. The van der Waals surface area contributed by atoms with Crippen molar-refractivity contribution in [3.63, 3.8) is 0 Å². The third kappa shape index (κ3) is 0.658. The van der Waals surface area contributed by atoms with Gasteiger partial charge in [-0.2, -0.15) is 4.73 Å². The minimum absolute atomic E-state index is 0.357. The molecule has 6 nitrogen and oxygen atoms in total. The van der Waals surface area contributed by atoms with Crippen molar-refractivity contribution in [1.82, 2.24) is 19.3 Å². The number of hydrogen-bond acceptors (Lipinski definition) is 4. The highest BCUT2D eigenvalue weighted by Gasteiger charge is 2.05. The highest BCUT2D eigenvalue weighted by Crippen LogP contribution is 2.03. The third-order valence-electron chi connectivity index (χ3n) is 1.45. The Morgan fingerprint density at radius 3 is 3.00 bits per heavy atom. The van der Waals surface area contributed by atoms with E-state index in [4.69, 9.17) is 10.6 Å². The number of nitrogen functional groups attached to an aromatic ring is 1. The van der Waals surface area contributed by atoms with E-state index in [9.17, 15) is 0 Å². The van der Waals surface area contributed by atoms with E-state index in [0.717, 1.165) is 0 Å². The van der Waals surface area contributed by atoms with Crippen LogP contribution in [0.3, 0.4) is 0 Å². The Hall–Kier alpha value is -1.72. The van der Waals surface area contributed by atoms with Crippen molar-refractivity contribution in [3.8, 4) is 0 Å². The second-order valence-electron chi connectivity index (χ2n) is 2.03. The molecule has 0 bridgehead atoms. The fourth-order valence-corrected chi connectivity index (χ4v) is 0.924. The summed E-state index contributed by atoms with van der Waals surface area (Å²) in [6.45, 7) is 0. The van der Waals surface area contributed by atoms with Crippen molar-refractivity contribution in [1.29, 1.82) is 0 Å². The van der Waals surface area contributed by atoms with Gasteiger partial charge >= 0.3 is 0 Å². The van der Waals surface area contributed by atoms with Crippen LogP contribution in [0, 0.1) is 0 Å². The zero-order valence-electron chi connectivity index (χ0n) is 5.93. The monoisotopic (exact) mass is 153 g/mol. The molecule has 0 aliphatic rings. The van der Waals surface area contributed by atoms with Gasteiger partial charge in [-0.05, 0) is 0 Å². The fraction of sp³-hybridized carbons (Fsp3) is 0.200. The highest BCUT2D eigenvalue weighted by molar-refractivity contribution is 5.36. The summed E-state index contributed by atoms with van der Waals surface area (Å²) in [4.78, 5) is 4.92. The molecule has 6 heteroatoms. The van der Waals surface area contributed by atoms with E-state index >= 15 is 0 Å². The second-order valence-corrected chi connectivity index (χ2v) is 2.03. The molecule has 0 atom stereocenters. The van der Waals surface area contributed by atoms with Gasteiger partial charge < -0.3 is 10.6 Å². The van der Waals surface area contributed by atoms with E-state index < -0.39 is 0 Å². The van der Waals surface area contributed by atoms with Gasteiger partial charge in [-0.15, -0.1) is 10.2 Å². The van der Waals surface area contributed by atoms with Gasteiger partial charge in [0.15, 0.2) is 0 Å². The molecule has 0 amide bonds. The number of rotatable bonds is 1. The van der Waals surface area contributed by atoms with Crippen LogP contribution < -0.4 is 10.6 Å². The molecule has 0 unspecified atom stereocenters. The lowest BCUT2D eigenvalue weighted by Crippen LogP contribution is -2.04. The zero-order chi connectivity index (χ0) is 7.84. The van der Waals surface area contributed by atoms with Crippen LogP contribution in [0.4, 0.5) is 5.95 Å². The predicted molar refractivity (Wildman–Crippen MR) is 37.9 cm³/mol. The van der Waals surface area contributed by atoms with E-state index in [-0.39, 0.29) is 0 Å². The van der Waals surface area contributed by atoms with Crippen LogP contribution >= 0.6 is 0 Å². The summed E-state index contributed by atoms with van der Waals surface area (Å²) in [5.74, 6) is 0.931. The summed E-state index contributed by atoms with van der Waals surface area (Å²) in [5.41, 5.74) is 5.46. The van der Waals surface area contributed by atoms with Crippen molar-refractivity contribution < 1.29 is 4.84 Å². The SMILES string of the molecule is COn1ccn2c(N)nnc12. The number of hydrogen-bond donors (Lipinski definition) is 1. The Bertz CT molecular complexity index is 375. The standard InChI is InChI=1S/C5H7N5O/c1-11-10-3-2-9-4(6)7-8-5(9)10/h2-3H,1H3,(H2,6,7). The molecule has 58 valence electrons. The minimum Gasteiger partial charge on any atom is -0.414 e. The molecule has 0 aromatic carbocycles. The van der Waals surface area contributed by atoms with Gasteiger partial charge in [0.25, 0.3) is 5.78 Å². The van der Waals surface area contributed by atoms with Crippen LogP contribution in [-0.4, -0.2) is 26.4 Å². The zero-order valence-corrected chi connectivity index (χ0v) is 5.93. The van der Waals surface area contributed by atoms with Crippen LogP contribution in [0.15, 0.2) is 12.4 Å². The first kappa shape index (κ1) is 6.02. The number of fused-ring (bicyclic) bond motifs is 1. The maximum Gasteiger partial charge on any atom is 0.270 e. The normalized spacial score (nSPS) is 10.6. The number of anilines is 1. The number of nitrogens with zero attached hydrogens (tertiary/aromatic N) is 4. The van der Waals surface area contributed by atoms with Crippen molar-refractivity contribution >= 4 is 11.7 Å². The average Bonchev–Trinajstić information content (AvgIpc) is 2.53. The highest BCUT2D eigenvalue weighted by atomic mass is 16.6. The Morgan fingerprint density at radius 2 is 2.27 bits per heavy atom. The first-order chi connectivity index (χ1) is 5.33. The predicted octanol–water partition coefficient (Wildman–Crippen LogP) is -0.829. The van der Waals surface area contributed by atoms with Crippen LogP contribution in [0.5, 0.6) is 0 Å². The first-order valence-electron chi connectivity index (χ1n) is 3.05. The molecule has 2 N–H and O–H groups in total. The number of imidazole rings is 1. The Morgan fingerprint density at radius 1 is 1.45 bits per heavy atom. The van der Waals surface area contributed by atoms with E-state index in [2.05, 4.69) is 10.2 Å². The summed E-state index contributed by atoms with van der Waals surface area (Å²) in [6, 6.07) is 0. The topological polar surface area (TPSA) is 70.4 Å². The summed E-state index contributed by atoms with van der Waals surface area (Å²) in [7, 11) is 1.55. The van der Waals surface area contributed by atoms with Crippen LogP contribution in [0.2, 0.25) is 0 Å². The number of aromatic nitrogens is 4. The molecule has 0 spiro atoms. The minimum atomic E-state index is 0.357. The first-order valence-corrected chi connectivity index (χ1v) is 3.05. The maximum absolute atomic E-state index is 5.46. The van der Waals surface area contributed by atoms with Gasteiger partial charge in [-0.3, -0.25) is 4.40 Å². The molecular weight excluding hydrogens is 146 g/mol. The fourth-order valence-electron chi connectivity index (χ4n) is 0.924. The smallest absolute Gasteiger partial charge is 0.270 e. The quantitative estimate of drug-likeness (QED) is 0.580. The molecule has 2 aromatic rings. The lowest BCUT2D eigenvalue weighted by atomic mass is 10.9. The van der Waals surface area contributed by atoms with Gasteiger partial charge in [-0.25, -0.2) is 0 Å². The molecular formula is C5H7N5O. The molecule has 2 aromatic heterocycles. The molecule has 0 saturated carbocycles. The summed E-state index contributed by atoms with van der Waals surface area (Å²) < 4.78 is 3.10. The summed E-state index contributed by atoms with van der Waals surface area (Å²) in [5, 5.41) is 7.43. The second kappa shape index (κ2) is 1.88. The summed E-state index contributed by atoms with van der Waals surface area (Å²) >= 11 is 0. The van der Waals surface area contributed by atoms with E-state index in [1.807, 2.05) is 0 Å². The van der Waals surface area contributed by atoms with Crippen molar-refractivity contribution in [2.24, 2.45) is 0 Å². The van der Waals surface area contributed by atoms with Gasteiger partial charge in [0.2, 0.25) is 5.95 Å². The van der Waals surface area contributed by atoms with Crippen LogP contribution in [0.25, 0.3) is 5.78 Å². The lowest BCUT2D eigenvalue weighted by molar-refractivity contribution is 0.176. The van der Waals surface area contributed by atoms with Crippen molar-refractivity contribution in [2.45, 2.75) is 0 Å². The van der Waals surface area contributed by atoms with E-state index in [1.54, 1.807) is 23.9 Å². The maximum atomic E-state index is 5.46. The van der Waals surface area contributed by atoms with Crippen molar-refractivity contribution in [3.05, 3.63) is 12.4 Å². The summed E-state index contributed by atoms with van der Waals surface area (Å²) in [6.07, 6.45) is 3.44. The number of nitrogens with two attached hydrogens (primary N) is 1. The molecule has 2 rings (SSSR count). The Balaban J connectivity index is 2.77. The molecule has 2 heterocycles. The van der Waals surface area contributed by atoms with Crippen LogP contribution in [0.1, 0.15) is 0 Å². The van der Waals surface area contributed by atoms with Crippen molar-refractivity contribution in [2.75, 3.05) is 12.8 Å². The molecule has 0 radical (unpaired) electrons. The van der Waals surface area contributed by atoms with E-state index in [0.29, 0.717) is 11.7 Å². The lowest BCUT2D eigenvalue weighted by Gasteiger charge is -1.95. The Labute approximate surface area is 62.1 Å². The van der Waals surface area contributed by atoms with Gasteiger partial charge in [0.1, 0.15) is 7.11 Å². The molecule has 0 aliphatic heterocycles. The average molecular weight is 153 g/mol.